The summed E-state index contributed by atoms with van der Waals surface area (Å²) in [6.07, 6.45) is 4.22. The third-order valence-electron chi connectivity index (χ3n) is 3.04. The van der Waals surface area contributed by atoms with Crippen LogP contribution in [0.3, 0.4) is 0 Å². The molecule has 3 rings (SSSR count). The molecule has 23 heavy (non-hydrogen) atoms. The van der Waals surface area contributed by atoms with Gasteiger partial charge in [0, 0.05) is 23.0 Å². The minimum absolute atomic E-state index is 0.330. The number of nitrogens with one attached hydrogen (secondary N) is 2. The van der Waals surface area contributed by atoms with Crippen molar-refractivity contribution in [1.82, 2.24) is 15.0 Å². The van der Waals surface area contributed by atoms with Gasteiger partial charge in [0.15, 0.2) is 0 Å². The molecule has 0 saturated carbocycles. The van der Waals surface area contributed by atoms with Crippen LogP contribution < -0.4 is 10.6 Å². The van der Waals surface area contributed by atoms with E-state index in [4.69, 9.17) is 11.6 Å². The first kappa shape index (κ1) is 14.9. The third kappa shape index (κ3) is 3.44. The summed E-state index contributed by atoms with van der Waals surface area (Å²) >= 11 is 5.98. The summed E-state index contributed by atoms with van der Waals surface area (Å²) in [7, 11) is 0. The number of fused-ring (bicyclic) bond motifs is 1. The lowest BCUT2D eigenvalue weighted by molar-refractivity contribution is -0.111. The highest BCUT2D eigenvalue weighted by molar-refractivity contribution is 6.30. The average molecular weight is 326 g/mol. The maximum atomic E-state index is 11.3. The SMILES string of the molecule is C=CC(=O)Nc1cc2ncnc(Nc3cccc(Cl)c3)c2cn1. The number of benzene rings is 1. The second-order valence-corrected chi connectivity index (χ2v) is 5.07. The van der Waals surface area contributed by atoms with Gasteiger partial charge in [0.1, 0.15) is 18.0 Å². The molecule has 0 spiro atoms. The molecule has 0 aliphatic heterocycles. The first-order chi connectivity index (χ1) is 11.2. The van der Waals surface area contributed by atoms with Crippen LogP contribution >= 0.6 is 11.6 Å². The molecule has 6 nitrogen and oxygen atoms in total. The molecule has 1 amide bonds. The Morgan fingerprint density at radius 3 is 2.87 bits per heavy atom. The molecule has 0 saturated heterocycles. The van der Waals surface area contributed by atoms with Gasteiger partial charge < -0.3 is 10.6 Å². The Morgan fingerprint density at radius 2 is 2.09 bits per heavy atom. The molecule has 0 aliphatic carbocycles. The average Bonchev–Trinajstić information content (AvgIpc) is 2.55. The Kier molecular flexibility index (Phi) is 4.16. The first-order valence-corrected chi connectivity index (χ1v) is 7.10. The minimum atomic E-state index is -0.330. The summed E-state index contributed by atoms with van der Waals surface area (Å²) in [5.41, 5.74) is 1.46. The van der Waals surface area contributed by atoms with Gasteiger partial charge in [0.2, 0.25) is 5.91 Å². The predicted octanol–water partition coefficient (Wildman–Crippen LogP) is 3.55. The second kappa shape index (κ2) is 6.41. The van der Waals surface area contributed by atoms with Gasteiger partial charge in [-0.2, -0.15) is 0 Å². The van der Waals surface area contributed by atoms with Crippen LogP contribution in [-0.4, -0.2) is 20.9 Å². The smallest absolute Gasteiger partial charge is 0.248 e. The van der Waals surface area contributed by atoms with Crippen LogP contribution in [0.5, 0.6) is 0 Å². The number of aromatic nitrogens is 3. The van der Waals surface area contributed by atoms with E-state index >= 15 is 0 Å². The lowest BCUT2D eigenvalue weighted by Crippen LogP contribution is -2.08. The van der Waals surface area contributed by atoms with E-state index in [1.165, 1.54) is 12.4 Å². The highest BCUT2D eigenvalue weighted by Crippen LogP contribution is 2.25. The van der Waals surface area contributed by atoms with E-state index in [0.29, 0.717) is 22.2 Å². The van der Waals surface area contributed by atoms with Crippen LogP contribution in [0.4, 0.5) is 17.3 Å². The van der Waals surface area contributed by atoms with Crippen molar-refractivity contribution in [3.63, 3.8) is 0 Å². The van der Waals surface area contributed by atoms with Crippen LogP contribution in [0.1, 0.15) is 0 Å². The first-order valence-electron chi connectivity index (χ1n) is 6.72. The molecule has 0 radical (unpaired) electrons. The van der Waals surface area contributed by atoms with Crippen LogP contribution in [0.2, 0.25) is 5.02 Å². The van der Waals surface area contributed by atoms with E-state index in [1.54, 1.807) is 24.4 Å². The van der Waals surface area contributed by atoms with E-state index in [-0.39, 0.29) is 5.91 Å². The fraction of sp³-hybridized carbons (Fsp3) is 0. The second-order valence-electron chi connectivity index (χ2n) is 4.64. The maximum Gasteiger partial charge on any atom is 0.248 e. The molecule has 0 aliphatic rings. The number of hydrogen-bond acceptors (Lipinski definition) is 5. The molecule has 3 aromatic rings. The fourth-order valence-electron chi connectivity index (χ4n) is 2.00. The molecule has 2 N–H and O–H groups in total. The van der Waals surface area contributed by atoms with Crippen molar-refractivity contribution >= 4 is 45.7 Å². The molecule has 0 unspecified atom stereocenters. The molecule has 0 atom stereocenters. The van der Waals surface area contributed by atoms with Crippen molar-refractivity contribution in [3.8, 4) is 0 Å². The van der Waals surface area contributed by atoms with E-state index < -0.39 is 0 Å². The molecular formula is C16H12ClN5O. The third-order valence-corrected chi connectivity index (χ3v) is 3.28. The maximum absolute atomic E-state index is 11.3. The largest absolute Gasteiger partial charge is 0.340 e. The van der Waals surface area contributed by atoms with Gasteiger partial charge in [0.05, 0.1) is 10.9 Å². The zero-order valence-corrected chi connectivity index (χ0v) is 12.7. The normalized spacial score (nSPS) is 10.3. The number of nitrogens with zero attached hydrogens (tertiary/aromatic N) is 3. The Hall–Kier alpha value is -2.99. The predicted molar refractivity (Wildman–Crippen MR) is 90.9 cm³/mol. The van der Waals surface area contributed by atoms with Crippen LogP contribution in [0, 0.1) is 0 Å². The molecule has 0 bridgehead atoms. The summed E-state index contributed by atoms with van der Waals surface area (Å²) < 4.78 is 0. The molecule has 114 valence electrons. The zero-order valence-electron chi connectivity index (χ0n) is 12.0. The number of carbonyl (C=O) groups excluding carboxylic acids is 1. The minimum Gasteiger partial charge on any atom is -0.340 e. The number of hydrogen-bond donors (Lipinski definition) is 2. The number of amides is 1. The van der Waals surface area contributed by atoms with E-state index in [0.717, 1.165) is 11.1 Å². The van der Waals surface area contributed by atoms with Crippen molar-refractivity contribution in [2.24, 2.45) is 0 Å². The fourth-order valence-corrected chi connectivity index (χ4v) is 2.19. The molecule has 2 heterocycles. The summed E-state index contributed by atoms with van der Waals surface area (Å²) in [4.78, 5) is 23.9. The van der Waals surface area contributed by atoms with Gasteiger partial charge >= 0.3 is 0 Å². The van der Waals surface area contributed by atoms with Gasteiger partial charge in [-0.1, -0.05) is 24.2 Å². The van der Waals surface area contributed by atoms with Crippen LogP contribution in [0.25, 0.3) is 10.9 Å². The molecule has 2 aromatic heterocycles. The summed E-state index contributed by atoms with van der Waals surface area (Å²) in [6, 6.07) is 8.98. The Bertz CT molecular complexity index is 897. The Balaban J connectivity index is 1.95. The highest BCUT2D eigenvalue weighted by atomic mass is 35.5. The van der Waals surface area contributed by atoms with Crippen molar-refractivity contribution in [3.05, 3.63) is 60.5 Å². The lowest BCUT2D eigenvalue weighted by Gasteiger charge is -2.09. The summed E-state index contributed by atoms with van der Waals surface area (Å²) in [5.74, 6) is 0.671. The standard InChI is InChI=1S/C16H12ClN5O/c1-2-15(23)22-14-7-13-12(8-18-14)16(20-9-19-13)21-11-5-3-4-10(17)6-11/h2-9H,1H2,(H,18,22,23)(H,19,20,21). The topological polar surface area (TPSA) is 79.8 Å². The number of carbonyl (C=O) groups is 1. The Morgan fingerprint density at radius 1 is 1.22 bits per heavy atom. The van der Waals surface area contributed by atoms with Gasteiger partial charge in [-0.25, -0.2) is 15.0 Å². The van der Waals surface area contributed by atoms with Crippen LogP contribution in [-0.2, 0) is 4.79 Å². The monoisotopic (exact) mass is 325 g/mol. The Labute approximate surface area is 137 Å². The van der Waals surface area contributed by atoms with Gasteiger partial charge in [-0.3, -0.25) is 4.79 Å². The highest BCUT2D eigenvalue weighted by Gasteiger charge is 2.07. The van der Waals surface area contributed by atoms with Crippen molar-refractivity contribution in [2.75, 3.05) is 10.6 Å². The van der Waals surface area contributed by atoms with Gasteiger partial charge in [0.25, 0.3) is 0 Å². The molecular weight excluding hydrogens is 314 g/mol. The van der Waals surface area contributed by atoms with E-state index in [2.05, 4.69) is 32.2 Å². The number of anilines is 3. The van der Waals surface area contributed by atoms with E-state index in [1.807, 2.05) is 12.1 Å². The van der Waals surface area contributed by atoms with Gasteiger partial charge in [-0.05, 0) is 24.3 Å². The number of pyridine rings is 1. The zero-order chi connectivity index (χ0) is 16.2. The quantitative estimate of drug-likeness (QED) is 0.717. The molecule has 7 heteroatoms. The number of rotatable bonds is 4. The van der Waals surface area contributed by atoms with Crippen LogP contribution in [0.15, 0.2) is 55.5 Å². The van der Waals surface area contributed by atoms with Gasteiger partial charge in [-0.15, -0.1) is 0 Å². The van der Waals surface area contributed by atoms with Crippen molar-refractivity contribution in [2.45, 2.75) is 0 Å². The van der Waals surface area contributed by atoms with E-state index in [9.17, 15) is 4.79 Å². The van der Waals surface area contributed by atoms with Crippen molar-refractivity contribution in [1.29, 1.82) is 0 Å². The lowest BCUT2D eigenvalue weighted by atomic mass is 10.2. The summed E-state index contributed by atoms with van der Waals surface area (Å²) in [5, 5.41) is 7.13. The van der Waals surface area contributed by atoms with Crippen molar-refractivity contribution < 1.29 is 4.79 Å². The molecule has 1 aromatic carbocycles. The molecule has 0 fully saturated rings. The number of halogens is 1. The summed E-state index contributed by atoms with van der Waals surface area (Å²) in [6.45, 7) is 3.40.